The number of ether oxygens (including phenoxy) is 1. The number of aliphatic hydroxyl groups is 1. The third-order valence-corrected chi connectivity index (χ3v) is 9.25. The van der Waals surface area contributed by atoms with Crippen LogP contribution in [0.2, 0.25) is 5.02 Å². The van der Waals surface area contributed by atoms with Crippen LogP contribution in [0.4, 0.5) is 11.4 Å². The number of carbonyl (C=O) groups is 2. The summed E-state index contributed by atoms with van der Waals surface area (Å²) in [6, 6.07) is 42.1. The van der Waals surface area contributed by atoms with E-state index < -0.39 is 12.1 Å². The van der Waals surface area contributed by atoms with Gasteiger partial charge in [0.05, 0.1) is 19.8 Å². The van der Waals surface area contributed by atoms with Crippen molar-refractivity contribution in [1.82, 2.24) is 5.32 Å². The van der Waals surface area contributed by atoms with Crippen molar-refractivity contribution < 1.29 is 19.4 Å². The number of hydrogen-bond acceptors (Lipinski definition) is 6. The lowest BCUT2D eigenvalue weighted by atomic mass is 9.95. The molecule has 0 aliphatic heterocycles. The molecule has 0 fully saturated rings. The normalized spacial score (nSPS) is 12.2. The average Bonchev–Trinajstić information content (AvgIpc) is 3.17. The molecular weight excluding hydrogens is 672 g/mol. The molecule has 5 aromatic carbocycles. The number of rotatable bonds is 18. The third-order valence-electron chi connectivity index (χ3n) is 9.00. The summed E-state index contributed by atoms with van der Waals surface area (Å²) in [5.41, 5.74) is 12.0. The largest absolute Gasteiger partial charge is 0.497 e. The second kappa shape index (κ2) is 19.5. The van der Waals surface area contributed by atoms with Crippen LogP contribution in [0.15, 0.2) is 133 Å². The SMILES string of the molecule is COc1ccc(N(CCCC[C@H](NC(=O)C[C@@H](N)Cc2ccc(Cl)cc2)C(=O)Nc2ccc(CO)cc2)C(c2ccccc2)c2ccccc2)cc1. The molecule has 9 heteroatoms. The second-order valence-electron chi connectivity index (χ2n) is 12.9. The molecule has 0 radical (unpaired) electrons. The van der Waals surface area contributed by atoms with Gasteiger partial charge in [-0.3, -0.25) is 9.59 Å². The highest BCUT2D eigenvalue weighted by Crippen LogP contribution is 2.34. The van der Waals surface area contributed by atoms with Gasteiger partial charge in [0.2, 0.25) is 11.8 Å². The van der Waals surface area contributed by atoms with Crippen molar-refractivity contribution >= 4 is 34.8 Å². The van der Waals surface area contributed by atoms with E-state index in [9.17, 15) is 14.7 Å². The Morgan fingerprint density at radius 1 is 0.788 bits per heavy atom. The Bertz CT molecular complexity index is 1780. The molecule has 0 aliphatic rings. The predicted molar refractivity (Wildman–Crippen MR) is 210 cm³/mol. The molecule has 0 aromatic heterocycles. The van der Waals surface area contributed by atoms with Crippen molar-refractivity contribution in [2.24, 2.45) is 5.73 Å². The number of aliphatic hydroxyl groups excluding tert-OH is 1. The minimum absolute atomic E-state index is 0.0568. The zero-order chi connectivity index (χ0) is 36.7. The molecule has 2 atom stereocenters. The molecule has 0 spiro atoms. The van der Waals surface area contributed by atoms with Gasteiger partial charge in [0.1, 0.15) is 11.8 Å². The molecular formula is C43H47ClN4O4. The number of unbranched alkanes of at least 4 members (excludes halogenated alkanes) is 1. The molecule has 8 nitrogen and oxygen atoms in total. The summed E-state index contributed by atoms with van der Waals surface area (Å²) in [5, 5.41) is 16.0. The standard InChI is InChI=1S/C43H47ClN4O4/c1-52-39-25-23-38(24-26-39)48(42(33-10-4-2-5-11-33)34-12-6-3-7-13-34)27-9-8-14-40(43(51)46-37-21-17-32(30-49)18-22-37)47-41(50)29-36(45)28-31-15-19-35(44)20-16-31/h2-7,10-13,15-26,36,40,42,49H,8-9,14,27-30,45H2,1H3,(H,46,51)(H,47,50)/t36-,40-/m0/s1. The fraction of sp³-hybridized carbons (Fsp3) is 0.256. The van der Waals surface area contributed by atoms with Gasteiger partial charge in [0, 0.05) is 35.4 Å². The third kappa shape index (κ3) is 11.2. The van der Waals surface area contributed by atoms with E-state index in [0.29, 0.717) is 36.5 Å². The molecule has 0 saturated heterocycles. The molecule has 270 valence electrons. The van der Waals surface area contributed by atoms with Crippen LogP contribution in [0.25, 0.3) is 0 Å². The number of amides is 2. The van der Waals surface area contributed by atoms with Crippen LogP contribution in [0.5, 0.6) is 5.75 Å². The van der Waals surface area contributed by atoms with Gasteiger partial charge in [-0.2, -0.15) is 0 Å². The summed E-state index contributed by atoms with van der Waals surface area (Å²) in [7, 11) is 1.66. The van der Waals surface area contributed by atoms with Gasteiger partial charge >= 0.3 is 0 Å². The lowest BCUT2D eigenvalue weighted by Crippen LogP contribution is -2.45. The van der Waals surface area contributed by atoms with E-state index in [4.69, 9.17) is 22.1 Å². The summed E-state index contributed by atoms with van der Waals surface area (Å²) in [6.07, 6.45) is 2.42. The quantitative estimate of drug-likeness (QED) is 0.0691. The number of methoxy groups -OCH3 is 1. The van der Waals surface area contributed by atoms with Crippen molar-refractivity contribution in [1.29, 1.82) is 0 Å². The highest BCUT2D eigenvalue weighted by molar-refractivity contribution is 6.30. The first-order valence-electron chi connectivity index (χ1n) is 17.6. The number of carbonyl (C=O) groups excluding carboxylic acids is 2. The number of benzene rings is 5. The Morgan fingerprint density at radius 2 is 1.38 bits per heavy atom. The van der Waals surface area contributed by atoms with E-state index in [0.717, 1.165) is 40.1 Å². The molecule has 0 heterocycles. The Hall–Kier alpha value is -5.15. The van der Waals surface area contributed by atoms with E-state index in [2.05, 4.69) is 76.2 Å². The maximum Gasteiger partial charge on any atom is 0.246 e. The molecule has 0 bridgehead atoms. The highest BCUT2D eigenvalue weighted by atomic mass is 35.5. The molecule has 5 aromatic rings. The average molecular weight is 719 g/mol. The van der Waals surface area contributed by atoms with E-state index in [1.807, 2.05) is 36.4 Å². The van der Waals surface area contributed by atoms with Gasteiger partial charge in [-0.1, -0.05) is 96.5 Å². The van der Waals surface area contributed by atoms with Crippen molar-refractivity contribution in [2.45, 2.75) is 56.8 Å². The molecule has 5 N–H and O–H groups in total. The van der Waals surface area contributed by atoms with Gasteiger partial charge in [0.25, 0.3) is 0 Å². The summed E-state index contributed by atoms with van der Waals surface area (Å²) in [5.74, 6) is 0.184. The minimum Gasteiger partial charge on any atom is -0.497 e. The molecule has 2 amide bonds. The summed E-state index contributed by atoms with van der Waals surface area (Å²) < 4.78 is 5.45. The fourth-order valence-corrected chi connectivity index (χ4v) is 6.44. The summed E-state index contributed by atoms with van der Waals surface area (Å²) >= 11 is 6.02. The maximum absolute atomic E-state index is 13.7. The monoisotopic (exact) mass is 718 g/mol. The number of nitrogens with zero attached hydrogens (tertiary/aromatic N) is 1. The van der Waals surface area contributed by atoms with Crippen LogP contribution in [-0.4, -0.2) is 42.7 Å². The molecule has 5 rings (SSSR count). The number of hydrogen-bond donors (Lipinski definition) is 4. The van der Waals surface area contributed by atoms with E-state index in [1.54, 1.807) is 43.5 Å². The van der Waals surface area contributed by atoms with Crippen molar-refractivity contribution in [3.05, 3.63) is 161 Å². The smallest absolute Gasteiger partial charge is 0.246 e. The maximum atomic E-state index is 13.7. The molecule has 0 aliphatic carbocycles. The topological polar surface area (TPSA) is 117 Å². The minimum atomic E-state index is -0.777. The van der Waals surface area contributed by atoms with E-state index in [1.165, 1.54) is 0 Å². The summed E-state index contributed by atoms with van der Waals surface area (Å²) in [4.78, 5) is 29.3. The lowest BCUT2D eigenvalue weighted by Gasteiger charge is -2.35. The van der Waals surface area contributed by atoms with Crippen LogP contribution in [0.3, 0.4) is 0 Å². The van der Waals surface area contributed by atoms with Crippen LogP contribution >= 0.6 is 11.6 Å². The zero-order valence-corrected chi connectivity index (χ0v) is 30.2. The number of nitrogens with two attached hydrogens (primary N) is 1. The van der Waals surface area contributed by atoms with Crippen LogP contribution in [0, 0.1) is 0 Å². The Morgan fingerprint density at radius 3 is 1.96 bits per heavy atom. The Balaban J connectivity index is 1.31. The second-order valence-corrected chi connectivity index (χ2v) is 13.3. The highest BCUT2D eigenvalue weighted by Gasteiger charge is 2.25. The first-order valence-corrected chi connectivity index (χ1v) is 18.0. The van der Waals surface area contributed by atoms with Crippen LogP contribution < -0.4 is 26.0 Å². The Labute approximate surface area is 311 Å². The van der Waals surface area contributed by atoms with E-state index >= 15 is 0 Å². The first-order chi connectivity index (χ1) is 25.3. The number of halogens is 1. The zero-order valence-electron chi connectivity index (χ0n) is 29.5. The Kier molecular flexibility index (Phi) is 14.3. The number of anilines is 2. The molecule has 0 saturated carbocycles. The first kappa shape index (κ1) is 38.1. The molecule has 0 unspecified atom stereocenters. The van der Waals surface area contributed by atoms with Gasteiger partial charge in [0.15, 0.2) is 0 Å². The van der Waals surface area contributed by atoms with Crippen LogP contribution in [-0.2, 0) is 22.6 Å². The summed E-state index contributed by atoms with van der Waals surface area (Å²) in [6.45, 7) is 0.601. The fourth-order valence-electron chi connectivity index (χ4n) is 6.31. The van der Waals surface area contributed by atoms with Gasteiger partial charge in [-0.05, 0) is 96.5 Å². The van der Waals surface area contributed by atoms with E-state index in [-0.39, 0.29) is 30.9 Å². The molecule has 52 heavy (non-hydrogen) atoms. The van der Waals surface area contributed by atoms with Crippen molar-refractivity contribution in [3.63, 3.8) is 0 Å². The van der Waals surface area contributed by atoms with Gasteiger partial charge in [-0.25, -0.2) is 0 Å². The lowest BCUT2D eigenvalue weighted by molar-refractivity contribution is -0.126. The van der Waals surface area contributed by atoms with Crippen molar-refractivity contribution in [2.75, 3.05) is 23.9 Å². The predicted octanol–water partition coefficient (Wildman–Crippen LogP) is 7.69. The van der Waals surface area contributed by atoms with Crippen LogP contribution in [0.1, 0.15) is 54.0 Å². The van der Waals surface area contributed by atoms with Crippen molar-refractivity contribution in [3.8, 4) is 5.75 Å². The van der Waals surface area contributed by atoms with Gasteiger partial charge in [-0.15, -0.1) is 0 Å². The van der Waals surface area contributed by atoms with Gasteiger partial charge < -0.3 is 31.1 Å². The number of nitrogens with one attached hydrogen (secondary N) is 2.